The van der Waals surface area contributed by atoms with Crippen molar-refractivity contribution >= 4 is 15.8 Å². The number of sulfone groups is 1. The number of rotatable bonds is 5. The molecule has 0 unspecified atom stereocenters. The summed E-state index contributed by atoms with van der Waals surface area (Å²) in [7, 11) is -3.85. The van der Waals surface area contributed by atoms with Gasteiger partial charge in [-0.2, -0.15) is 5.10 Å². The van der Waals surface area contributed by atoms with E-state index in [0.717, 1.165) is 10.2 Å². The molecule has 7 nitrogen and oxygen atoms in total. The molecule has 0 aliphatic rings. The van der Waals surface area contributed by atoms with E-state index in [1.165, 1.54) is 12.1 Å². The lowest BCUT2D eigenvalue weighted by Crippen LogP contribution is -2.09. The molecule has 26 heavy (non-hydrogen) atoms. The first-order valence-electron chi connectivity index (χ1n) is 7.68. The summed E-state index contributed by atoms with van der Waals surface area (Å²) >= 11 is 0. The molecule has 1 heterocycles. The van der Waals surface area contributed by atoms with Crippen LogP contribution < -0.4 is 0 Å². The van der Waals surface area contributed by atoms with Gasteiger partial charge in [-0.1, -0.05) is 35.9 Å². The van der Waals surface area contributed by atoms with Gasteiger partial charge in [0.15, 0.2) is 15.5 Å². The molecule has 0 saturated carbocycles. The van der Waals surface area contributed by atoms with Gasteiger partial charge in [-0.25, -0.2) is 17.9 Å². The van der Waals surface area contributed by atoms with E-state index in [1.54, 1.807) is 42.5 Å². The average Bonchev–Trinajstić information content (AvgIpc) is 2.92. The van der Waals surface area contributed by atoms with E-state index in [1.807, 2.05) is 6.92 Å². The van der Waals surface area contributed by atoms with Gasteiger partial charge in [0.1, 0.15) is 0 Å². The van der Waals surface area contributed by atoms with Gasteiger partial charge >= 0.3 is 5.97 Å². The van der Waals surface area contributed by atoms with Crippen molar-refractivity contribution in [2.75, 3.05) is 0 Å². The molecule has 3 rings (SSSR count). The highest BCUT2D eigenvalue weighted by Gasteiger charge is 2.28. The fourth-order valence-corrected chi connectivity index (χ4v) is 3.88. The first-order chi connectivity index (χ1) is 12.3. The summed E-state index contributed by atoms with van der Waals surface area (Å²) in [4.78, 5) is 11.6. The molecule has 3 aromatic rings. The third kappa shape index (κ3) is 3.31. The topological polar surface area (TPSA) is 109 Å². The van der Waals surface area contributed by atoms with Crippen molar-refractivity contribution in [1.29, 1.82) is 0 Å². The number of aromatic nitrogens is 2. The van der Waals surface area contributed by atoms with E-state index in [9.17, 15) is 23.4 Å². The highest BCUT2D eigenvalue weighted by atomic mass is 32.2. The zero-order chi connectivity index (χ0) is 18.9. The van der Waals surface area contributed by atoms with Gasteiger partial charge in [-0.15, -0.1) is 0 Å². The molecule has 134 valence electrons. The minimum Gasteiger partial charge on any atom is -0.493 e. The lowest BCUT2D eigenvalue weighted by atomic mass is 10.2. The summed E-state index contributed by atoms with van der Waals surface area (Å²) in [5, 5.41) is 23.7. The van der Waals surface area contributed by atoms with Crippen LogP contribution in [0, 0.1) is 6.92 Å². The Labute approximate surface area is 150 Å². The maximum absolute atomic E-state index is 12.6. The second kappa shape index (κ2) is 6.64. The zero-order valence-electron chi connectivity index (χ0n) is 13.8. The smallest absolute Gasteiger partial charge is 0.356 e. The van der Waals surface area contributed by atoms with Crippen LogP contribution in [0.3, 0.4) is 0 Å². The van der Waals surface area contributed by atoms with Gasteiger partial charge in [0.05, 0.1) is 21.9 Å². The van der Waals surface area contributed by atoms with Crippen LogP contribution in [0.4, 0.5) is 0 Å². The van der Waals surface area contributed by atoms with E-state index in [2.05, 4.69) is 5.10 Å². The summed E-state index contributed by atoms with van der Waals surface area (Å²) < 4.78 is 26.3. The van der Waals surface area contributed by atoms with Crippen molar-refractivity contribution in [2.45, 2.75) is 17.6 Å². The number of aryl methyl sites for hydroxylation is 1. The first kappa shape index (κ1) is 17.7. The summed E-state index contributed by atoms with van der Waals surface area (Å²) in [5.74, 6) is -2.59. The molecule has 0 aliphatic carbocycles. The Morgan fingerprint density at radius 1 is 1.08 bits per heavy atom. The number of para-hydroxylation sites is 1. The van der Waals surface area contributed by atoms with Crippen LogP contribution in [-0.4, -0.2) is 34.4 Å². The lowest BCUT2D eigenvalue weighted by molar-refractivity contribution is 0.0689. The largest absolute Gasteiger partial charge is 0.493 e. The molecule has 1 aromatic heterocycles. The zero-order valence-corrected chi connectivity index (χ0v) is 14.6. The first-order valence-corrected chi connectivity index (χ1v) is 9.34. The molecule has 0 bridgehead atoms. The molecule has 0 spiro atoms. The maximum Gasteiger partial charge on any atom is 0.356 e. The Balaban J connectivity index is 2.08. The number of hydrogen-bond acceptors (Lipinski definition) is 5. The second-order valence-corrected chi connectivity index (χ2v) is 7.76. The van der Waals surface area contributed by atoms with Gasteiger partial charge < -0.3 is 10.2 Å². The standard InChI is InChI=1S/C18H16N2O5S/c1-12-7-9-14(10-8-12)26(24,25)11-15-16(18(22)23)19-20(17(15)21)13-5-3-2-4-6-13/h2-10,21H,11H2,1H3,(H,22,23). The Bertz CT molecular complexity index is 1050. The van der Waals surface area contributed by atoms with Crippen LogP contribution >= 0.6 is 0 Å². The number of carbonyl (C=O) groups is 1. The third-order valence-electron chi connectivity index (χ3n) is 3.87. The average molecular weight is 372 g/mol. The Morgan fingerprint density at radius 2 is 1.69 bits per heavy atom. The predicted molar refractivity (Wildman–Crippen MR) is 94.3 cm³/mol. The number of aromatic carboxylic acids is 1. The van der Waals surface area contributed by atoms with Crippen molar-refractivity contribution in [2.24, 2.45) is 0 Å². The van der Waals surface area contributed by atoms with Crippen molar-refractivity contribution in [3.8, 4) is 11.6 Å². The summed E-state index contributed by atoms with van der Waals surface area (Å²) in [6.45, 7) is 1.83. The minimum absolute atomic E-state index is 0.0475. The van der Waals surface area contributed by atoms with E-state index in [-0.39, 0.29) is 10.5 Å². The summed E-state index contributed by atoms with van der Waals surface area (Å²) in [6.07, 6.45) is 0. The highest BCUT2D eigenvalue weighted by Crippen LogP contribution is 2.29. The van der Waals surface area contributed by atoms with E-state index in [0.29, 0.717) is 5.69 Å². The van der Waals surface area contributed by atoms with Gasteiger partial charge in [-0.3, -0.25) is 0 Å². The molecule has 2 N–H and O–H groups in total. The molecule has 2 aromatic carbocycles. The van der Waals surface area contributed by atoms with Gasteiger partial charge in [-0.05, 0) is 31.2 Å². The molecule has 0 saturated heterocycles. The number of hydrogen-bond donors (Lipinski definition) is 2. The third-order valence-corrected chi connectivity index (χ3v) is 5.53. The molecule has 0 fully saturated rings. The fourth-order valence-electron chi connectivity index (χ4n) is 2.51. The Kier molecular flexibility index (Phi) is 4.52. The van der Waals surface area contributed by atoms with Crippen molar-refractivity contribution in [3.63, 3.8) is 0 Å². The quantitative estimate of drug-likeness (QED) is 0.712. The highest BCUT2D eigenvalue weighted by molar-refractivity contribution is 7.90. The number of aromatic hydroxyl groups is 1. The van der Waals surface area contributed by atoms with Crippen LogP contribution in [0.25, 0.3) is 5.69 Å². The van der Waals surface area contributed by atoms with Crippen molar-refractivity contribution in [1.82, 2.24) is 9.78 Å². The van der Waals surface area contributed by atoms with Crippen LogP contribution in [0.15, 0.2) is 59.5 Å². The van der Waals surface area contributed by atoms with E-state index < -0.39 is 33.1 Å². The SMILES string of the molecule is Cc1ccc(S(=O)(=O)Cc2c(C(=O)O)nn(-c3ccccc3)c2O)cc1. The molecule has 0 aliphatic heterocycles. The molecule has 0 amide bonds. The van der Waals surface area contributed by atoms with Gasteiger partial charge in [0, 0.05) is 0 Å². The molecule has 8 heteroatoms. The van der Waals surface area contributed by atoms with Crippen LogP contribution in [0.2, 0.25) is 0 Å². The van der Waals surface area contributed by atoms with Crippen molar-refractivity contribution < 1.29 is 23.4 Å². The lowest BCUT2D eigenvalue weighted by Gasteiger charge is -2.06. The normalized spacial score (nSPS) is 11.4. The van der Waals surface area contributed by atoms with Crippen LogP contribution in [0.1, 0.15) is 21.6 Å². The summed E-state index contributed by atoms with van der Waals surface area (Å²) in [6, 6.07) is 14.6. The molecular weight excluding hydrogens is 356 g/mol. The summed E-state index contributed by atoms with van der Waals surface area (Å²) in [5.41, 5.74) is 0.574. The Morgan fingerprint density at radius 3 is 2.27 bits per heavy atom. The number of nitrogens with zero attached hydrogens (tertiary/aromatic N) is 2. The number of carboxylic acids is 1. The minimum atomic E-state index is -3.85. The number of benzene rings is 2. The van der Waals surface area contributed by atoms with Gasteiger partial charge in [0.2, 0.25) is 5.88 Å². The van der Waals surface area contributed by atoms with E-state index >= 15 is 0 Å². The van der Waals surface area contributed by atoms with E-state index in [4.69, 9.17) is 0 Å². The van der Waals surface area contributed by atoms with Crippen LogP contribution in [-0.2, 0) is 15.6 Å². The van der Waals surface area contributed by atoms with Gasteiger partial charge in [0.25, 0.3) is 0 Å². The molecular formula is C18H16N2O5S. The van der Waals surface area contributed by atoms with Crippen LogP contribution in [0.5, 0.6) is 5.88 Å². The van der Waals surface area contributed by atoms with Crippen molar-refractivity contribution in [3.05, 3.63) is 71.4 Å². The molecule has 0 atom stereocenters. The second-order valence-electron chi connectivity index (χ2n) is 5.78. The maximum atomic E-state index is 12.6. The number of carboxylic acid groups (broad SMARTS) is 1. The predicted octanol–water partition coefficient (Wildman–Crippen LogP) is 2.56. The Hall–Kier alpha value is -3.13. The monoisotopic (exact) mass is 372 g/mol. The molecule has 0 radical (unpaired) electrons. The fraction of sp³-hybridized carbons (Fsp3) is 0.111.